The van der Waals surface area contributed by atoms with Crippen molar-refractivity contribution in [1.82, 2.24) is 0 Å². The summed E-state index contributed by atoms with van der Waals surface area (Å²) in [6.45, 7) is 2.06. The van der Waals surface area contributed by atoms with Gasteiger partial charge in [0, 0.05) is 6.42 Å². The monoisotopic (exact) mass is 348 g/mol. The lowest BCUT2D eigenvalue weighted by molar-refractivity contribution is 0.606. The number of nitrogens with zero attached hydrogens (tertiary/aromatic N) is 1. The summed E-state index contributed by atoms with van der Waals surface area (Å²) in [5, 5.41) is 1.77. The Morgan fingerprint density at radius 1 is 1.29 bits per heavy atom. The number of unbranched alkanes of at least 4 members (excludes halogenated alkanes) is 2. The fourth-order valence-corrected chi connectivity index (χ4v) is 2.69. The predicted molar refractivity (Wildman–Crippen MR) is 90.2 cm³/mol. The number of benzene rings is 1. The molecule has 0 aliphatic rings. The van der Waals surface area contributed by atoms with Gasteiger partial charge >= 0.3 is 0 Å². The van der Waals surface area contributed by atoms with E-state index in [4.69, 9.17) is 28.9 Å². The van der Waals surface area contributed by atoms with E-state index in [0.717, 1.165) is 24.7 Å². The minimum absolute atomic E-state index is 0.127. The molecule has 2 N–H and O–H groups in total. The van der Waals surface area contributed by atoms with Crippen LogP contribution in [-0.4, -0.2) is 14.3 Å². The molecule has 0 heterocycles. The van der Waals surface area contributed by atoms with Crippen LogP contribution in [0.5, 0.6) is 0 Å². The van der Waals surface area contributed by atoms with Crippen LogP contribution in [0.2, 0.25) is 10.0 Å². The first-order chi connectivity index (χ1) is 9.84. The Morgan fingerprint density at radius 3 is 2.62 bits per heavy atom. The Labute approximate surface area is 135 Å². The number of hydrogen-bond acceptors (Lipinski definition) is 2. The highest BCUT2D eigenvalue weighted by Gasteiger charge is 2.05. The van der Waals surface area contributed by atoms with Crippen molar-refractivity contribution in [3.8, 4) is 0 Å². The van der Waals surface area contributed by atoms with Crippen molar-refractivity contribution >= 4 is 45.1 Å². The maximum atomic E-state index is 11.8. The summed E-state index contributed by atoms with van der Waals surface area (Å²) in [6.07, 6.45) is 4.75. The van der Waals surface area contributed by atoms with Crippen molar-refractivity contribution in [3.63, 3.8) is 0 Å². The van der Waals surface area contributed by atoms with Gasteiger partial charge in [0.15, 0.2) is 0 Å². The van der Waals surface area contributed by atoms with E-state index < -0.39 is 10.0 Å². The van der Waals surface area contributed by atoms with Crippen LogP contribution >= 0.6 is 23.2 Å². The number of sulfonamides is 1. The molecule has 1 aromatic rings. The molecule has 7 heteroatoms. The summed E-state index contributed by atoms with van der Waals surface area (Å²) < 4.78 is 27.1. The zero-order valence-electron chi connectivity index (χ0n) is 11.7. The zero-order chi connectivity index (χ0) is 15.9. The molecule has 4 nitrogen and oxygen atoms in total. The molecule has 0 unspecified atom stereocenters. The van der Waals surface area contributed by atoms with Crippen molar-refractivity contribution in [2.75, 3.05) is 0 Å². The molecule has 21 heavy (non-hydrogen) atoms. The second kappa shape index (κ2) is 8.41. The average molecular weight is 349 g/mol. The third kappa shape index (κ3) is 6.98. The first kappa shape index (κ1) is 18.0. The smallest absolute Gasteiger partial charge is 0.277 e. The van der Waals surface area contributed by atoms with Crippen LogP contribution in [0.15, 0.2) is 28.0 Å². The molecule has 0 aromatic heterocycles. The van der Waals surface area contributed by atoms with Gasteiger partial charge in [-0.3, -0.25) is 0 Å². The van der Waals surface area contributed by atoms with Gasteiger partial charge in [-0.25, -0.2) is 0 Å². The second-order valence-electron chi connectivity index (χ2n) is 4.53. The molecule has 0 atom stereocenters. The van der Waals surface area contributed by atoms with Gasteiger partial charge in [0.1, 0.15) is 5.84 Å². The van der Waals surface area contributed by atoms with Crippen molar-refractivity contribution in [1.29, 1.82) is 0 Å². The molecule has 1 aromatic carbocycles. The molecule has 0 saturated heterocycles. The summed E-state index contributed by atoms with van der Waals surface area (Å²) in [5.41, 5.74) is 6.23. The van der Waals surface area contributed by atoms with Gasteiger partial charge in [-0.1, -0.05) is 49.0 Å². The van der Waals surface area contributed by atoms with E-state index in [-0.39, 0.29) is 5.84 Å². The Balaban J connectivity index is 2.77. The highest BCUT2D eigenvalue weighted by atomic mass is 35.5. The third-order valence-corrected chi connectivity index (χ3v) is 4.37. The van der Waals surface area contributed by atoms with Crippen molar-refractivity contribution in [2.24, 2.45) is 10.1 Å². The maximum absolute atomic E-state index is 11.8. The van der Waals surface area contributed by atoms with Crippen LogP contribution in [0.1, 0.15) is 38.2 Å². The van der Waals surface area contributed by atoms with E-state index in [1.54, 1.807) is 18.2 Å². The third-order valence-electron chi connectivity index (χ3n) is 2.66. The average Bonchev–Trinajstić information content (AvgIpc) is 2.40. The predicted octanol–water partition coefficient (Wildman–Crippen LogP) is 4.23. The summed E-state index contributed by atoms with van der Waals surface area (Å²) >= 11 is 11.6. The lowest BCUT2D eigenvalue weighted by Crippen LogP contribution is -2.13. The summed E-state index contributed by atoms with van der Waals surface area (Å²) in [7, 11) is -3.73. The van der Waals surface area contributed by atoms with E-state index >= 15 is 0 Å². The normalized spacial score (nSPS) is 13.0. The number of halogens is 2. The lowest BCUT2D eigenvalue weighted by atomic mass is 10.2. The molecule has 1 rings (SSSR count). The molecule has 0 amide bonds. The Bertz CT molecular complexity index is 640. The van der Waals surface area contributed by atoms with Crippen LogP contribution in [-0.2, 0) is 10.0 Å². The van der Waals surface area contributed by atoms with Gasteiger partial charge in [-0.05, 0) is 30.2 Å². The van der Waals surface area contributed by atoms with Crippen LogP contribution in [0.4, 0.5) is 0 Å². The van der Waals surface area contributed by atoms with Gasteiger partial charge < -0.3 is 5.73 Å². The fraction of sp³-hybridized carbons (Fsp3) is 0.357. The number of hydrogen-bond donors (Lipinski definition) is 1. The van der Waals surface area contributed by atoms with Crippen LogP contribution in [0, 0.1) is 0 Å². The van der Waals surface area contributed by atoms with Crippen molar-refractivity contribution < 1.29 is 8.42 Å². The van der Waals surface area contributed by atoms with Gasteiger partial charge in [-0.2, -0.15) is 8.42 Å². The van der Waals surface area contributed by atoms with Crippen molar-refractivity contribution in [3.05, 3.63) is 39.2 Å². The second-order valence-corrected chi connectivity index (χ2v) is 6.83. The lowest BCUT2D eigenvalue weighted by Gasteiger charge is -1.99. The molecule has 0 aliphatic heterocycles. The van der Waals surface area contributed by atoms with E-state index in [2.05, 4.69) is 11.3 Å². The maximum Gasteiger partial charge on any atom is 0.277 e. The SMILES string of the molecule is CCCCC/C(N)=N/S(=O)(=O)C=Cc1ccc(Cl)c(Cl)c1. The molecule has 0 bridgehead atoms. The van der Waals surface area contributed by atoms with Gasteiger partial charge in [0.05, 0.1) is 15.5 Å². The number of amidine groups is 1. The van der Waals surface area contributed by atoms with E-state index in [0.29, 0.717) is 22.0 Å². The quantitative estimate of drug-likeness (QED) is 0.455. The minimum atomic E-state index is -3.73. The summed E-state index contributed by atoms with van der Waals surface area (Å²) in [6, 6.07) is 4.83. The van der Waals surface area contributed by atoms with Gasteiger partial charge in [0.2, 0.25) is 0 Å². The molecule has 0 radical (unpaired) electrons. The first-order valence-electron chi connectivity index (χ1n) is 6.56. The fourth-order valence-electron chi connectivity index (χ4n) is 1.58. The highest BCUT2D eigenvalue weighted by molar-refractivity contribution is 7.93. The van der Waals surface area contributed by atoms with Gasteiger partial charge in [0.25, 0.3) is 10.0 Å². The molecular weight excluding hydrogens is 331 g/mol. The largest absolute Gasteiger partial charge is 0.386 e. The molecule has 116 valence electrons. The molecular formula is C14H18Cl2N2O2S. The Kier molecular flexibility index (Phi) is 7.22. The topological polar surface area (TPSA) is 72.5 Å². The van der Waals surface area contributed by atoms with Crippen LogP contribution in [0.3, 0.4) is 0 Å². The number of nitrogens with two attached hydrogens (primary N) is 1. The molecule has 0 aliphatic carbocycles. The van der Waals surface area contributed by atoms with E-state index in [1.165, 1.54) is 6.08 Å². The highest BCUT2D eigenvalue weighted by Crippen LogP contribution is 2.23. The summed E-state index contributed by atoms with van der Waals surface area (Å²) in [4.78, 5) is 0. The van der Waals surface area contributed by atoms with Gasteiger partial charge in [-0.15, -0.1) is 4.40 Å². The first-order valence-corrected chi connectivity index (χ1v) is 8.82. The molecule has 0 fully saturated rings. The van der Waals surface area contributed by atoms with E-state index in [9.17, 15) is 8.42 Å². The van der Waals surface area contributed by atoms with Crippen molar-refractivity contribution in [2.45, 2.75) is 32.6 Å². The standard InChI is InChI=1S/C14H18Cl2N2O2S/c1-2-3-4-5-14(17)18-21(19,20)9-8-11-6-7-12(15)13(16)10-11/h6-10H,2-5H2,1H3,(H2,17,18). The number of rotatable bonds is 7. The Morgan fingerprint density at radius 2 is 2.00 bits per heavy atom. The summed E-state index contributed by atoms with van der Waals surface area (Å²) in [5.74, 6) is 0.127. The van der Waals surface area contributed by atoms with E-state index in [1.807, 2.05) is 0 Å². The minimum Gasteiger partial charge on any atom is -0.386 e. The zero-order valence-corrected chi connectivity index (χ0v) is 14.0. The molecule has 0 saturated carbocycles. The van der Waals surface area contributed by atoms with Crippen LogP contribution < -0.4 is 5.73 Å². The van der Waals surface area contributed by atoms with Crippen LogP contribution in [0.25, 0.3) is 6.08 Å². The molecule has 0 spiro atoms. The Hall–Kier alpha value is -1.04.